The van der Waals surface area contributed by atoms with Gasteiger partial charge in [-0.2, -0.15) is 0 Å². The van der Waals surface area contributed by atoms with E-state index in [0.717, 1.165) is 17.5 Å². The molecule has 2 aromatic rings. The number of anilines is 2. The number of benzene rings is 2. The number of halogens is 1. The van der Waals surface area contributed by atoms with Gasteiger partial charge in [0.15, 0.2) is 0 Å². The van der Waals surface area contributed by atoms with Crippen molar-refractivity contribution < 1.29 is 8.42 Å². The van der Waals surface area contributed by atoms with E-state index < -0.39 is 10.0 Å². The van der Waals surface area contributed by atoms with Gasteiger partial charge in [0.25, 0.3) is 0 Å². The van der Waals surface area contributed by atoms with Gasteiger partial charge in [0.05, 0.1) is 17.6 Å². The molecule has 2 aromatic carbocycles. The topological polar surface area (TPSA) is 58.2 Å². The van der Waals surface area contributed by atoms with Gasteiger partial charge in [-0.25, -0.2) is 8.42 Å². The number of nitrogens with one attached hydrogen (secondary N) is 2. The Hall–Kier alpha value is -1.28. The Bertz CT molecular complexity index is 715. The highest BCUT2D eigenvalue weighted by Crippen LogP contribution is 2.27. The third-order valence-corrected chi connectivity index (χ3v) is 4.27. The minimum atomic E-state index is -3.30. The SMILES string of the molecule is CC(Nc1ccccc1NS(C)(=O)=O)c1ccc(I)cc1. The van der Waals surface area contributed by atoms with Crippen LogP contribution in [0.15, 0.2) is 48.5 Å². The van der Waals surface area contributed by atoms with Crippen molar-refractivity contribution in [1.29, 1.82) is 0 Å². The van der Waals surface area contributed by atoms with Crippen LogP contribution in [0.2, 0.25) is 0 Å². The van der Waals surface area contributed by atoms with Crippen LogP contribution in [0.3, 0.4) is 0 Å². The van der Waals surface area contributed by atoms with Crippen LogP contribution in [0.25, 0.3) is 0 Å². The zero-order valence-electron chi connectivity index (χ0n) is 11.8. The predicted molar refractivity (Wildman–Crippen MR) is 96.1 cm³/mol. The highest BCUT2D eigenvalue weighted by molar-refractivity contribution is 14.1. The molecule has 6 heteroatoms. The fraction of sp³-hybridized carbons (Fsp3) is 0.200. The van der Waals surface area contributed by atoms with E-state index in [-0.39, 0.29) is 6.04 Å². The molecule has 0 fully saturated rings. The van der Waals surface area contributed by atoms with Crippen LogP contribution in [0, 0.1) is 3.57 Å². The molecule has 0 aliphatic heterocycles. The second kappa shape index (κ2) is 6.65. The van der Waals surface area contributed by atoms with Crippen molar-refractivity contribution in [3.8, 4) is 0 Å². The molecule has 0 heterocycles. The number of hydrogen-bond donors (Lipinski definition) is 2. The highest BCUT2D eigenvalue weighted by Gasteiger charge is 2.10. The molecule has 2 N–H and O–H groups in total. The number of hydrogen-bond acceptors (Lipinski definition) is 3. The fourth-order valence-electron chi connectivity index (χ4n) is 1.97. The maximum Gasteiger partial charge on any atom is 0.229 e. The Morgan fingerprint density at radius 3 is 2.14 bits per heavy atom. The summed E-state index contributed by atoms with van der Waals surface area (Å²) < 4.78 is 26.5. The number of para-hydroxylation sites is 2. The summed E-state index contributed by atoms with van der Waals surface area (Å²) >= 11 is 2.27. The molecule has 0 aliphatic rings. The molecule has 0 radical (unpaired) electrons. The summed E-state index contributed by atoms with van der Waals surface area (Å²) in [6.45, 7) is 2.04. The second-order valence-electron chi connectivity index (χ2n) is 4.84. The van der Waals surface area contributed by atoms with Crippen molar-refractivity contribution in [3.63, 3.8) is 0 Å². The summed E-state index contributed by atoms with van der Waals surface area (Å²) in [5, 5.41) is 3.34. The van der Waals surface area contributed by atoms with Crippen LogP contribution in [0.5, 0.6) is 0 Å². The lowest BCUT2D eigenvalue weighted by Gasteiger charge is -2.19. The Kier molecular flexibility index (Phi) is 5.10. The second-order valence-corrected chi connectivity index (χ2v) is 7.83. The van der Waals surface area contributed by atoms with Crippen LogP contribution in [-0.4, -0.2) is 14.7 Å². The lowest BCUT2D eigenvalue weighted by Crippen LogP contribution is -2.13. The normalized spacial score (nSPS) is 12.7. The van der Waals surface area contributed by atoms with Gasteiger partial charge in [-0.3, -0.25) is 4.72 Å². The lowest BCUT2D eigenvalue weighted by atomic mass is 10.1. The predicted octanol–water partition coefficient (Wildman–Crippen LogP) is 3.84. The van der Waals surface area contributed by atoms with Crippen molar-refractivity contribution in [2.75, 3.05) is 16.3 Å². The van der Waals surface area contributed by atoms with E-state index in [4.69, 9.17) is 0 Å². The van der Waals surface area contributed by atoms with Crippen LogP contribution >= 0.6 is 22.6 Å². The van der Waals surface area contributed by atoms with E-state index in [1.54, 1.807) is 12.1 Å². The van der Waals surface area contributed by atoms with Gasteiger partial charge in [0, 0.05) is 9.61 Å². The first kappa shape index (κ1) is 16.1. The molecule has 1 atom stereocenters. The summed E-state index contributed by atoms with van der Waals surface area (Å²) in [5.74, 6) is 0. The average Bonchev–Trinajstić information content (AvgIpc) is 2.40. The molecule has 21 heavy (non-hydrogen) atoms. The van der Waals surface area contributed by atoms with Gasteiger partial charge < -0.3 is 5.32 Å². The molecule has 2 rings (SSSR count). The third kappa shape index (κ3) is 4.89. The molecular formula is C15H17IN2O2S. The van der Waals surface area contributed by atoms with Crippen molar-refractivity contribution in [2.24, 2.45) is 0 Å². The van der Waals surface area contributed by atoms with E-state index >= 15 is 0 Å². The van der Waals surface area contributed by atoms with Crippen LogP contribution < -0.4 is 10.0 Å². The fourth-order valence-corrected chi connectivity index (χ4v) is 2.90. The molecule has 4 nitrogen and oxygen atoms in total. The third-order valence-electron chi connectivity index (χ3n) is 2.96. The van der Waals surface area contributed by atoms with Crippen LogP contribution in [-0.2, 0) is 10.0 Å². The smallest absolute Gasteiger partial charge is 0.229 e. The van der Waals surface area contributed by atoms with E-state index in [1.807, 2.05) is 19.1 Å². The highest BCUT2D eigenvalue weighted by atomic mass is 127. The minimum Gasteiger partial charge on any atom is -0.377 e. The maximum absolute atomic E-state index is 11.4. The minimum absolute atomic E-state index is 0.0736. The van der Waals surface area contributed by atoms with E-state index in [0.29, 0.717) is 5.69 Å². The van der Waals surface area contributed by atoms with Crippen LogP contribution in [0.1, 0.15) is 18.5 Å². The number of sulfonamides is 1. The molecule has 112 valence electrons. The standard InChI is InChI=1S/C15H17IN2O2S/c1-11(12-7-9-13(16)10-8-12)17-14-5-3-4-6-15(14)18-21(2,19)20/h3-11,17-18H,1-2H3. The molecule has 0 spiro atoms. The first-order valence-corrected chi connectivity index (χ1v) is 9.41. The maximum atomic E-state index is 11.4. The molecule has 0 amide bonds. The monoisotopic (exact) mass is 416 g/mol. The Labute approximate surface area is 139 Å². The van der Waals surface area contributed by atoms with E-state index in [1.165, 1.54) is 3.57 Å². The van der Waals surface area contributed by atoms with Gasteiger partial charge in [-0.1, -0.05) is 24.3 Å². The Morgan fingerprint density at radius 1 is 1.00 bits per heavy atom. The summed E-state index contributed by atoms with van der Waals surface area (Å²) in [4.78, 5) is 0. The average molecular weight is 416 g/mol. The van der Waals surface area contributed by atoms with Gasteiger partial charge in [0.2, 0.25) is 10.0 Å². The lowest BCUT2D eigenvalue weighted by molar-refractivity contribution is 0.607. The Morgan fingerprint density at radius 2 is 1.57 bits per heavy atom. The summed E-state index contributed by atoms with van der Waals surface area (Å²) in [7, 11) is -3.30. The molecule has 0 bridgehead atoms. The van der Waals surface area contributed by atoms with Gasteiger partial charge in [-0.05, 0) is 59.3 Å². The summed E-state index contributed by atoms with van der Waals surface area (Å²) in [6.07, 6.45) is 1.15. The van der Waals surface area contributed by atoms with Gasteiger partial charge in [0.1, 0.15) is 0 Å². The summed E-state index contributed by atoms with van der Waals surface area (Å²) in [6, 6.07) is 15.6. The quantitative estimate of drug-likeness (QED) is 0.729. The number of rotatable bonds is 5. The first-order chi connectivity index (χ1) is 9.85. The van der Waals surface area contributed by atoms with E-state index in [9.17, 15) is 8.42 Å². The zero-order chi connectivity index (χ0) is 15.5. The largest absolute Gasteiger partial charge is 0.377 e. The summed E-state index contributed by atoms with van der Waals surface area (Å²) in [5.41, 5.74) is 2.45. The molecule has 0 aliphatic carbocycles. The van der Waals surface area contributed by atoms with E-state index in [2.05, 4.69) is 56.9 Å². The first-order valence-electron chi connectivity index (χ1n) is 6.44. The van der Waals surface area contributed by atoms with Crippen molar-refractivity contribution in [3.05, 3.63) is 57.7 Å². The molecule has 0 saturated heterocycles. The van der Waals surface area contributed by atoms with Gasteiger partial charge >= 0.3 is 0 Å². The van der Waals surface area contributed by atoms with Crippen LogP contribution in [0.4, 0.5) is 11.4 Å². The zero-order valence-corrected chi connectivity index (χ0v) is 14.8. The Balaban J connectivity index is 2.21. The molecule has 1 unspecified atom stereocenters. The molecule has 0 aromatic heterocycles. The molecule has 0 saturated carbocycles. The van der Waals surface area contributed by atoms with Crippen molar-refractivity contribution >= 4 is 44.0 Å². The van der Waals surface area contributed by atoms with Crippen molar-refractivity contribution in [2.45, 2.75) is 13.0 Å². The molecular weight excluding hydrogens is 399 g/mol. The van der Waals surface area contributed by atoms with Crippen molar-refractivity contribution in [1.82, 2.24) is 0 Å². The van der Waals surface area contributed by atoms with Gasteiger partial charge in [-0.15, -0.1) is 0 Å².